The Morgan fingerprint density at radius 3 is 2.50 bits per heavy atom. The standard InChI is InChI=1S/C12H19NO/c1-4-9-10(12(13)8(2)3)6-5-7-11(9)14/h5-8,12,14H,4,13H2,1-3H3. The normalized spacial score (nSPS) is 13.2. The number of phenolic OH excluding ortho intramolecular Hbond substituents is 1. The van der Waals surface area contributed by atoms with E-state index in [-0.39, 0.29) is 6.04 Å². The number of rotatable bonds is 3. The fraction of sp³-hybridized carbons (Fsp3) is 0.500. The van der Waals surface area contributed by atoms with E-state index in [0.29, 0.717) is 11.7 Å². The second-order valence-electron chi connectivity index (χ2n) is 3.97. The van der Waals surface area contributed by atoms with Gasteiger partial charge in [-0.15, -0.1) is 0 Å². The Kier molecular flexibility index (Phi) is 3.53. The second kappa shape index (κ2) is 4.47. The van der Waals surface area contributed by atoms with Gasteiger partial charge in [0, 0.05) is 6.04 Å². The molecule has 2 heteroatoms. The van der Waals surface area contributed by atoms with Gasteiger partial charge in [-0.1, -0.05) is 32.9 Å². The molecule has 78 valence electrons. The predicted octanol–water partition coefficient (Wildman–Crippen LogP) is 2.61. The second-order valence-corrected chi connectivity index (χ2v) is 3.97. The van der Waals surface area contributed by atoms with Crippen LogP contribution in [0.15, 0.2) is 18.2 Å². The van der Waals surface area contributed by atoms with E-state index in [0.717, 1.165) is 17.5 Å². The van der Waals surface area contributed by atoms with Gasteiger partial charge >= 0.3 is 0 Å². The van der Waals surface area contributed by atoms with Gasteiger partial charge in [-0.2, -0.15) is 0 Å². The Morgan fingerprint density at radius 2 is 2.00 bits per heavy atom. The Balaban J connectivity index is 3.13. The Morgan fingerprint density at radius 1 is 1.36 bits per heavy atom. The van der Waals surface area contributed by atoms with Gasteiger partial charge in [-0.05, 0) is 29.5 Å². The average Bonchev–Trinajstić information content (AvgIpc) is 2.16. The Hall–Kier alpha value is -1.02. The molecule has 0 amide bonds. The molecule has 0 fully saturated rings. The maximum atomic E-state index is 9.67. The van der Waals surface area contributed by atoms with Crippen LogP contribution < -0.4 is 5.73 Å². The van der Waals surface area contributed by atoms with Crippen molar-refractivity contribution in [3.63, 3.8) is 0 Å². The number of aromatic hydroxyl groups is 1. The third-order valence-corrected chi connectivity index (χ3v) is 2.62. The summed E-state index contributed by atoms with van der Waals surface area (Å²) in [6.45, 7) is 6.22. The molecule has 0 aliphatic rings. The number of hydrogen-bond acceptors (Lipinski definition) is 2. The quantitative estimate of drug-likeness (QED) is 0.775. The molecule has 3 N–H and O–H groups in total. The van der Waals surface area contributed by atoms with Crippen LogP contribution in [0.4, 0.5) is 0 Å². The van der Waals surface area contributed by atoms with Crippen LogP contribution in [-0.4, -0.2) is 5.11 Å². The zero-order valence-corrected chi connectivity index (χ0v) is 9.12. The molecule has 1 atom stereocenters. The summed E-state index contributed by atoms with van der Waals surface area (Å²) in [6, 6.07) is 5.59. The first-order valence-corrected chi connectivity index (χ1v) is 5.14. The molecule has 0 aliphatic heterocycles. The molecule has 0 heterocycles. The topological polar surface area (TPSA) is 46.2 Å². The smallest absolute Gasteiger partial charge is 0.119 e. The summed E-state index contributed by atoms with van der Waals surface area (Å²) < 4.78 is 0. The van der Waals surface area contributed by atoms with Crippen molar-refractivity contribution in [1.29, 1.82) is 0 Å². The zero-order valence-electron chi connectivity index (χ0n) is 9.12. The molecular formula is C12H19NO. The molecule has 1 unspecified atom stereocenters. The van der Waals surface area contributed by atoms with Crippen LogP contribution in [0.3, 0.4) is 0 Å². The first-order valence-electron chi connectivity index (χ1n) is 5.14. The lowest BCUT2D eigenvalue weighted by Gasteiger charge is -2.19. The largest absolute Gasteiger partial charge is 0.508 e. The van der Waals surface area contributed by atoms with E-state index >= 15 is 0 Å². The van der Waals surface area contributed by atoms with Crippen LogP contribution in [0.1, 0.15) is 37.9 Å². The van der Waals surface area contributed by atoms with Crippen LogP contribution in [0.5, 0.6) is 5.75 Å². The maximum Gasteiger partial charge on any atom is 0.119 e. The molecular weight excluding hydrogens is 174 g/mol. The van der Waals surface area contributed by atoms with Gasteiger partial charge in [0.05, 0.1) is 0 Å². The Bertz CT molecular complexity index is 307. The highest BCUT2D eigenvalue weighted by Crippen LogP contribution is 2.28. The molecule has 1 aromatic carbocycles. The summed E-state index contributed by atoms with van der Waals surface area (Å²) in [7, 11) is 0. The van der Waals surface area contributed by atoms with Crippen molar-refractivity contribution >= 4 is 0 Å². The molecule has 0 saturated carbocycles. The molecule has 2 nitrogen and oxygen atoms in total. The minimum Gasteiger partial charge on any atom is -0.508 e. The van der Waals surface area contributed by atoms with Crippen molar-refractivity contribution < 1.29 is 5.11 Å². The van der Waals surface area contributed by atoms with Gasteiger partial charge in [0.15, 0.2) is 0 Å². The van der Waals surface area contributed by atoms with Crippen molar-refractivity contribution in [2.24, 2.45) is 11.7 Å². The Labute approximate surface area is 85.8 Å². The van der Waals surface area contributed by atoms with Gasteiger partial charge in [-0.3, -0.25) is 0 Å². The van der Waals surface area contributed by atoms with E-state index in [9.17, 15) is 5.11 Å². The van der Waals surface area contributed by atoms with Gasteiger partial charge in [0.2, 0.25) is 0 Å². The fourth-order valence-electron chi connectivity index (χ4n) is 1.65. The van der Waals surface area contributed by atoms with Crippen LogP contribution in [-0.2, 0) is 6.42 Å². The minimum atomic E-state index is 0.0112. The van der Waals surface area contributed by atoms with Crippen LogP contribution in [0, 0.1) is 5.92 Å². The van der Waals surface area contributed by atoms with E-state index in [2.05, 4.69) is 13.8 Å². The number of hydrogen-bond donors (Lipinski definition) is 2. The fourth-order valence-corrected chi connectivity index (χ4v) is 1.65. The first-order chi connectivity index (χ1) is 6.57. The van der Waals surface area contributed by atoms with Crippen molar-refractivity contribution in [2.45, 2.75) is 33.2 Å². The summed E-state index contributed by atoms with van der Waals surface area (Å²) in [5.41, 5.74) is 8.12. The van der Waals surface area contributed by atoms with Crippen LogP contribution in [0.2, 0.25) is 0 Å². The van der Waals surface area contributed by atoms with E-state index in [1.807, 2.05) is 19.1 Å². The van der Waals surface area contributed by atoms with Gasteiger partial charge in [-0.25, -0.2) is 0 Å². The molecule has 1 rings (SSSR count). The lowest BCUT2D eigenvalue weighted by atomic mass is 9.91. The highest BCUT2D eigenvalue weighted by Gasteiger charge is 2.15. The predicted molar refractivity (Wildman–Crippen MR) is 59.3 cm³/mol. The van der Waals surface area contributed by atoms with Crippen molar-refractivity contribution in [2.75, 3.05) is 0 Å². The minimum absolute atomic E-state index is 0.0112. The molecule has 1 aromatic rings. The molecule has 0 bridgehead atoms. The van der Waals surface area contributed by atoms with E-state index in [1.165, 1.54) is 0 Å². The summed E-state index contributed by atoms with van der Waals surface area (Å²) in [5, 5.41) is 9.67. The summed E-state index contributed by atoms with van der Waals surface area (Å²) in [5.74, 6) is 0.753. The van der Waals surface area contributed by atoms with Crippen LogP contribution in [0.25, 0.3) is 0 Å². The molecule has 0 spiro atoms. The van der Waals surface area contributed by atoms with Crippen molar-refractivity contribution in [1.82, 2.24) is 0 Å². The summed E-state index contributed by atoms with van der Waals surface area (Å²) >= 11 is 0. The van der Waals surface area contributed by atoms with Crippen molar-refractivity contribution in [3.8, 4) is 5.75 Å². The maximum absolute atomic E-state index is 9.67. The zero-order chi connectivity index (χ0) is 10.7. The van der Waals surface area contributed by atoms with E-state index < -0.39 is 0 Å². The van der Waals surface area contributed by atoms with E-state index in [1.54, 1.807) is 6.07 Å². The highest BCUT2D eigenvalue weighted by atomic mass is 16.3. The third kappa shape index (κ3) is 2.07. The van der Waals surface area contributed by atoms with Gasteiger partial charge < -0.3 is 10.8 Å². The lowest BCUT2D eigenvalue weighted by molar-refractivity contribution is 0.460. The number of benzene rings is 1. The molecule has 0 radical (unpaired) electrons. The molecule has 14 heavy (non-hydrogen) atoms. The van der Waals surface area contributed by atoms with Gasteiger partial charge in [0.1, 0.15) is 5.75 Å². The first kappa shape index (κ1) is 11.1. The summed E-state index contributed by atoms with van der Waals surface area (Å²) in [4.78, 5) is 0. The highest BCUT2D eigenvalue weighted by molar-refractivity contribution is 5.41. The molecule has 0 aromatic heterocycles. The SMILES string of the molecule is CCc1c(O)cccc1C(N)C(C)C. The number of nitrogens with two attached hydrogens (primary N) is 1. The van der Waals surface area contributed by atoms with E-state index in [4.69, 9.17) is 5.73 Å². The third-order valence-electron chi connectivity index (χ3n) is 2.62. The average molecular weight is 193 g/mol. The number of phenols is 1. The summed E-state index contributed by atoms with van der Waals surface area (Å²) in [6.07, 6.45) is 0.822. The van der Waals surface area contributed by atoms with Crippen LogP contribution >= 0.6 is 0 Å². The molecule has 0 aliphatic carbocycles. The monoisotopic (exact) mass is 193 g/mol. The van der Waals surface area contributed by atoms with Gasteiger partial charge in [0.25, 0.3) is 0 Å². The molecule has 0 saturated heterocycles. The lowest BCUT2D eigenvalue weighted by Crippen LogP contribution is -2.18. The van der Waals surface area contributed by atoms with Crippen molar-refractivity contribution in [3.05, 3.63) is 29.3 Å².